The number of hydrogen-bond donors (Lipinski definition) is 0. The fourth-order valence-electron chi connectivity index (χ4n) is 2.05. The Morgan fingerprint density at radius 2 is 1.80 bits per heavy atom. The third kappa shape index (κ3) is 6.94. The Morgan fingerprint density at radius 1 is 1.07 bits per heavy atom. The van der Waals surface area contributed by atoms with Gasteiger partial charge in [-0.05, 0) is 19.3 Å². The molecule has 0 amide bonds. The van der Waals surface area contributed by atoms with Crippen LogP contribution in [0.25, 0.3) is 0 Å². The lowest BCUT2D eigenvalue weighted by atomic mass is 10.0. The summed E-state index contributed by atoms with van der Waals surface area (Å²) < 4.78 is 5.40. The Morgan fingerprint density at radius 3 is 2.47 bits per heavy atom. The summed E-state index contributed by atoms with van der Waals surface area (Å²) in [6.07, 6.45) is 16.7. The highest BCUT2D eigenvalue weighted by molar-refractivity contribution is 4.66. The first kappa shape index (κ1) is 13.0. The monoisotopic (exact) mass is 211 g/mol. The molecule has 89 valence electrons. The van der Waals surface area contributed by atoms with E-state index in [4.69, 9.17) is 4.74 Å². The molecule has 0 aromatic heterocycles. The maximum Gasteiger partial charge on any atom is 0.0597 e. The van der Waals surface area contributed by atoms with E-state index in [1.54, 1.807) is 0 Å². The van der Waals surface area contributed by atoms with Gasteiger partial charge in [0.1, 0.15) is 0 Å². The fraction of sp³-hybridized carbons (Fsp3) is 0.929. The second kappa shape index (κ2) is 9.21. The highest BCUT2D eigenvalue weighted by atomic mass is 16.5. The van der Waals surface area contributed by atoms with E-state index in [0.29, 0.717) is 6.10 Å². The van der Waals surface area contributed by atoms with Crippen LogP contribution in [0.3, 0.4) is 0 Å². The third-order valence-electron chi connectivity index (χ3n) is 3.22. The molecule has 0 aromatic rings. The number of unbranched alkanes of at least 4 members (excludes halogenated alkanes) is 8. The molecule has 1 nitrogen and oxygen atoms in total. The zero-order valence-electron chi connectivity index (χ0n) is 10.3. The smallest absolute Gasteiger partial charge is 0.0597 e. The molecule has 0 aromatic carbocycles. The molecule has 15 heavy (non-hydrogen) atoms. The second-order valence-corrected chi connectivity index (χ2v) is 4.70. The molecule has 1 atom stereocenters. The quantitative estimate of drug-likeness (QED) is 0.483. The first-order valence-corrected chi connectivity index (χ1v) is 6.86. The molecule has 1 unspecified atom stereocenters. The molecule has 0 bridgehead atoms. The van der Waals surface area contributed by atoms with E-state index in [9.17, 15) is 0 Å². The van der Waals surface area contributed by atoms with E-state index in [1.807, 2.05) is 0 Å². The molecule has 0 aliphatic carbocycles. The predicted octanol–water partition coefficient (Wildman–Crippen LogP) is 4.51. The van der Waals surface area contributed by atoms with Crippen molar-refractivity contribution >= 4 is 0 Å². The van der Waals surface area contributed by atoms with E-state index in [0.717, 1.165) is 6.61 Å². The summed E-state index contributed by atoms with van der Waals surface area (Å²) in [5, 5.41) is 0. The van der Waals surface area contributed by atoms with Crippen LogP contribution >= 0.6 is 0 Å². The van der Waals surface area contributed by atoms with Crippen molar-refractivity contribution in [3.63, 3.8) is 0 Å². The molecule has 1 radical (unpaired) electrons. The second-order valence-electron chi connectivity index (χ2n) is 4.70. The molecule has 0 saturated carbocycles. The Balaban J connectivity index is 1.66. The van der Waals surface area contributed by atoms with E-state index in [1.165, 1.54) is 64.2 Å². The van der Waals surface area contributed by atoms with Crippen LogP contribution in [0.5, 0.6) is 0 Å². The minimum Gasteiger partial charge on any atom is -0.378 e. The Bertz CT molecular complexity index is 129. The van der Waals surface area contributed by atoms with Crippen LogP contribution in [0.4, 0.5) is 0 Å². The van der Waals surface area contributed by atoms with Crippen LogP contribution in [-0.2, 0) is 4.74 Å². The molecule has 1 heterocycles. The van der Waals surface area contributed by atoms with Crippen molar-refractivity contribution in [3.05, 3.63) is 6.42 Å². The van der Waals surface area contributed by atoms with Crippen LogP contribution in [-0.4, -0.2) is 12.7 Å². The van der Waals surface area contributed by atoms with Crippen LogP contribution in [0.2, 0.25) is 0 Å². The predicted molar refractivity (Wildman–Crippen MR) is 65.9 cm³/mol. The minimum atomic E-state index is 0.628. The normalized spacial score (nSPS) is 20.2. The molecule has 0 spiro atoms. The van der Waals surface area contributed by atoms with E-state index >= 15 is 0 Å². The van der Waals surface area contributed by atoms with E-state index in [2.05, 4.69) is 13.3 Å². The van der Waals surface area contributed by atoms with Crippen molar-refractivity contribution in [2.45, 2.75) is 77.2 Å². The zero-order valence-corrected chi connectivity index (χ0v) is 10.3. The molecule has 1 saturated heterocycles. The lowest BCUT2D eigenvalue weighted by molar-refractivity contribution is -0.0555. The fourth-order valence-corrected chi connectivity index (χ4v) is 2.05. The molecular formula is C14H27O. The Labute approximate surface area is 95.6 Å². The average Bonchev–Trinajstić information content (AvgIpc) is 2.18. The van der Waals surface area contributed by atoms with Gasteiger partial charge in [-0.15, -0.1) is 0 Å². The van der Waals surface area contributed by atoms with Gasteiger partial charge in [0.05, 0.1) is 6.10 Å². The molecule has 1 heteroatoms. The number of hydrogen-bond acceptors (Lipinski definition) is 1. The van der Waals surface area contributed by atoms with Crippen LogP contribution in [0.15, 0.2) is 0 Å². The lowest BCUT2D eigenvalue weighted by Crippen LogP contribution is -2.26. The van der Waals surface area contributed by atoms with E-state index < -0.39 is 0 Å². The SMILES string of the molecule is CCC[CH]CCCCCCCC1CCO1. The first-order chi connectivity index (χ1) is 7.43. The first-order valence-electron chi connectivity index (χ1n) is 6.86. The number of rotatable bonds is 10. The maximum atomic E-state index is 5.40. The van der Waals surface area contributed by atoms with Gasteiger partial charge in [0.15, 0.2) is 0 Å². The van der Waals surface area contributed by atoms with Gasteiger partial charge < -0.3 is 4.74 Å². The van der Waals surface area contributed by atoms with Crippen molar-refractivity contribution in [1.82, 2.24) is 0 Å². The Kier molecular flexibility index (Phi) is 7.99. The summed E-state index contributed by atoms with van der Waals surface area (Å²) in [7, 11) is 0. The molecule has 1 rings (SSSR count). The molecule has 0 N–H and O–H groups in total. The van der Waals surface area contributed by atoms with Gasteiger partial charge in [-0.1, -0.05) is 58.3 Å². The largest absolute Gasteiger partial charge is 0.378 e. The van der Waals surface area contributed by atoms with Crippen molar-refractivity contribution in [3.8, 4) is 0 Å². The third-order valence-corrected chi connectivity index (χ3v) is 3.22. The molecular weight excluding hydrogens is 184 g/mol. The highest BCUT2D eigenvalue weighted by Crippen LogP contribution is 2.18. The summed E-state index contributed by atoms with van der Waals surface area (Å²) in [4.78, 5) is 0. The lowest BCUT2D eigenvalue weighted by Gasteiger charge is -2.26. The maximum absolute atomic E-state index is 5.40. The standard InChI is InChI=1S/C14H27O/c1-2-3-4-5-6-7-8-9-10-11-14-12-13-15-14/h4,14H,2-3,5-13H2,1H3. The molecule has 1 aliphatic heterocycles. The minimum absolute atomic E-state index is 0.628. The summed E-state index contributed by atoms with van der Waals surface area (Å²) in [6.45, 7) is 3.26. The summed E-state index contributed by atoms with van der Waals surface area (Å²) in [5.41, 5.74) is 0. The van der Waals surface area contributed by atoms with Gasteiger partial charge in [0.2, 0.25) is 0 Å². The van der Waals surface area contributed by atoms with Gasteiger partial charge in [0, 0.05) is 6.61 Å². The Hall–Kier alpha value is -0.0400. The van der Waals surface area contributed by atoms with Gasteiger partial charge in [-0.25, -0.2) is 0 Å². The van der Waals surface area contributed by atoms with Crippen LogP contribution in [0, 0.1) is 6.42 Å². The van der Waals surface area contributed by atoms with Gasteiger partial charge in [-0.3, -0.25) is 0 Å². The topological polar surface area (TPSA) is 9.23 Å². The van der Waals surface area contributed by atoms with Crippen molar-refractivity contribution < 1.29 is 4.74 Å². The van der Waals surface area contributed by atoms with E-state index in [-0.39, 0.29) is 0 Å². The van der Waals surface area contributed by atoms with Crippen molar-refractivity contribution in [2.24, 2.45) is 0 Å². The van der Waals surface area contributed by atoms with Gasteiger partial charge >= 0.3 is 0 Å². The average molecular weight is 211 g/mol. The summed E-state index contributed by atoms with van der Waals surface area (Å²) in [6, 6.07) is 0. The van der Waals surface area contributed by atoms with Crippen molar-refractivity contribution in [2.75, 3.05) is 6.61 Å². The summed E-state index contributed by atoms with van der Waals surface area (Å²) in [5.74, 6) is 0. The van der Waals surface area contributed by atoms with Gasteiger partial charge in [0.25, 0.3) is 0 Å². The van der Waals surface area contributed by atoms with Crippen LogP contribution < -0.4 is 0 Å². The highest BCUT2D eigenvalue weighted by Gasteiger charge is 2.16. The van der Waals surface area contributed by atoms with Gasteiger partial charge in [-0.2, -0.15) is 0 Å². The zero-order chi connectivity index (χ0) is 10.8. The summed E-state index contributed by atoms with van der Waals surface area (Å²) >= 11 is 0. The van der Waals surface area contributed by atoms with Crippen molar-refractivity contribution in [1.29, 1.82) is 0 Å². The van der Waals surface area contributed by atoms with Crippen LogP contribution in [0.1, 0.15) is 71.1 Å². The molecule has 1 aliphatic rings. The number of ether oxygens (including phenoxy) is 1. The molecule has 1 fully saturated rings.